The van der Waals surface area contributed by atoms with Crippen molar-refractivity contribution in [2.75, 3.05) is 46.6 Å². The number of aromatic amines is 1. The average molecular weight is 337 g/mol. The minimum Gasteiger partial charge on any atom is -0.383 e. The third-order valence-electron chi connectivity index (χ3n) is 4.00. The number of rotatable bonds is 6. The average Bonchev–Trinajstić information content (AvgIpc) is 3.06. The van der Waals surface area contributed by atoms with Gasteiger partial charge in [0.15, 0.2) is 0 Å². The lowest BCUT2D eigenvalue weighted by Gasteiger charge is -2.26. The molecule has 0 aliphatic carbocycles. The predicted molar refractivity (Wildman–Crippen MR) is 91.2 cm³/mol. The molecule has 7 heteroatoms. The van der Waals surface area contributed by atoms with Crippen LogP contribution in [0, 0.1) is 6.92 Å². The molecule has 3 rings (SSSR count). The number of H-pyrrole nitrogens is 1. The van der Waals surface area contributed by atoms with E-state index in [1.165, 1.54) is 9.58 Å². The van der Waals surface area contributed by atoms with Crippen molar-refractivity contribution in [2.45, 2.75) is 13.5 Å². The number of carbonyl (C=O) groups excluding carboxylic acids is 1. The van der Waals surface area contributed by atoms with E-state index in [1.54, 1.807) is 18.4 Å². The smallest absolute Gasteiger partial charge is 0.268 e. The number of nitrogens with one attached hydrogen (secondary N) is 2. The van der Waals surface area contributed by atoms with Crippen LogP contribution in [-0.4, -0.2) is 62.4 Å². The summed E-state index contributed by atoms with van der Waals surface area (Å²) in [7, 11) is 1.63. The summed E-state index contributed by atoms with van der Waals surface area (Å²) in [4.78, 5) is 19.4. The van der Waals surface area contributed by atoms with E-state index in [1.807, 2.05) is 0 Å². The molecule has 1 fully saturated rings. The van der Waals surface area contributed by atoms with Crippen LogP contribution < -0.4 is 5.32 Å². The van der Waals surface area contributed by atoms with Gasteiger partial charge in [0, 0.05) is 43.7 Å². The van der Waals surface area contributed by atoms with Gasteiger partial charge < -0.3 is 19.8 Å². The van der Waals surface area contributed by atoms with Crippen molar-refractivity contribution >= 4 is 27.5 Å². The van der Waals surface area contributed by atoms with Crippen LogP contribution in [-0.2, 0) is 16.0 Å². The fraction of sp³-hybridized carbons (Fsp3) is 0.562. The minimum atomic E-state index is -0.0636. The van der Waals surface area contributed by atoms with Crippen molar-refractivity contribution in [3.8, 4) is 0 Å². The lowest BCUT2D eigenvalue weighted by atomic mass is 10.2. The highest BCUT2D eigenvalue weighted by atomic mass is 32.1. The predicted octanol–water partition coefficient (Wildman–Crippen LogP) is 1.75. The van der Waals surface area contributed by atoms with Crippen molar-refractivity contribution in [3.05, 3.63) is 22.2 Å². The summed E-state index contributed by atoms with van der Waals surface area (Å²) >= 11 is 1.74. The maximum absolute atomic E-state index is 12.5. The molecule has 126 valence electrons. The first-order chi connectivity index (χ1) is 11.2. The van der Waals surface area contributed by atoms with E-state index in [-0.39, 0.29) is 5.91 Å². The van der Waals surface area contributed by atoms with Gasteiger partial charge in [-0.3, -0.25) is 9.69 Å². The van der Waals surface area contributed by atoms with Crippen molar-refractivity contribution in [3.63, 3.8) is 0 Å². The number of aryl methyl sites for hydroxylation is 1. The third-order valence-corrected chi connectivity index (χ3v) is 5.11. The van der Waals surface area contributed by atoms with Crippen molar-refractivity contribution in [2.24, 2.45) is 0 Å². The molecule has 0 unspecified atom stereocenters. The Morgan fingerprint density at radius 3 is 3.00 bits per heavy atom. The highest BCUT2D eigenvalue weighted by molar-refractivity contribution is 7.19. The molecule has 2 N–H and O–H groups in total. The van der Waals surface area contributed by atoms with E-state index < -0.39 is 0 Å². The first-order valence-corrected chi connectivity index (χ1v) is 8.69. The second-order valence-corrected chi connectivity index (χ2v) is 6.97. The molecule has 0 spiro atoms. The summed E-state index contributed by atoms with van der Waals surface area (Å²) in [5, 5.41) is 2.91. The molecule has 0 atom stereocenters. The van der Waals surface area contributed by atoms with Crippen LogP contribution in [0.4, 0.5) is 0 Å². The molecule has 2 aromatic heterocycles. The SMILES string of the molecule is COCCNC(=O)c1[nH]c2cc(C)sc2c1CN1CCOCC1. The number of carbonyl (C=O) groups is 1. The highest BCUT2D eigenvalue weighted by Gasteiger charge is 2.22. The normalized spacial score (nSPS) is 16.1. The molecule has 2 aromatic rings. The molecule has 0 radical (unpaired) electrons. The molecule has 23 heavy (non-hydrogen) atoms. The highest BCUT2D eigenvalue weighted by Crippen LogP contribution is 2.31. The Morgan fingerprint density at radius 2 is 2.26 bits per heavy atom. The number of ether oxygens (including phenoxy) is 2. The Kier molecular flexibility index (Phi) is 5.32. The zero-order valence-corrected chi connectivity index (χ0v) is 14.4. The van der Waals surface area contributed by atoms with Gasteiger partial charge >= 0.3 is 0 Å². The quantitative estimate of drug-likeness (QED) is 0.788. The van der Waals surface area contributed by atoms with Crippen molar-refractivity contribution in [1.29, 1.82) is 0 Å². The van der Waals surface area contributed by atoms with Crippen LogP contribution in [0.2, 0.25) is 0 Å². The minimum absolute atomic E-state index is 0.0636. The van der Waals surface area contributed by atoms with Crippen LogP contribution in [0.25, 0.3) is 10.2 Å². The van der Waals surface area contributed by atoms with E-state index in [0.717, 1.165) is 43.9 Å². The molecule has 1 amide bonds. The fourth-order valence-electron chi connectivity index (χ4n) is 2.84. The van der Waals surface area contributed by atoms with Crippen molar-refractivity contribution in [1.82, 2.24) is 15.2 Å². The number of hydrogen-bond acceptors (Lipinski definition) is 5. The Labute approximate surface area is 139 Å². The molecule has 1 aliphatic heterocycles. The molecule has 0 aromatic carbocycles. The Morgan fingerprint density at radius 1 is 1.48 bits per heavy atom. The number of morpholine rings is 1. The summed E-state index contributed by atoms with van der Waals surface area (Å²) in [6, 6.07) is 2.11. The summed E-state index contributed by atoms with van der Waals surface area (Å²) < 4.78 is 11.6. The molecule has 1 aliphatic rings. The van der Waals surface area contributed by atoms with Gasteiger partial charge in [0.2, 0.25) is 0 Å². The standard InChI is InChI=1S/C16H23N3O3S/c1-11-9-13-15(23-11)12(10-19-4-7-22-8-5-19)14(18-13)16(20)17-3-6-21-2/h9,18H,3-8,10H2,1-2H3,(H,17,20). The van der Waals surface area contributed by atoms with Gasteiger partial charge in [-0.1, -0.05) is 0 Å². The van der Waals surface area contributed by atoms with Gasteiger partial charge in [0.1, 0.15) is 5.69 Å². The van der Waals surface area contributed by atoms with Gasteiger partial charge in [0.25, 0.3) is 5.91 Å². The van der Waals surface area contributed by atoms with Crippen LogP contribution >= 0.6 is 11.3 Å². The molecule has 1 saturated heterocycles. The van der Waals surface area contributed by atoms with Crippen molar-refractivity contribution < 1.29 is 14.3 Å². The van der Waals surface area contributed by atoms with Gasteiger partial charge in [0.05, 0.1) is 30.0 Å². The van der Waals surface area contributed by atoms with Gasteiger partial charge in [-0.05, 0) is 13.0 Å². The number of fused-ring (bicyclic) bond motifs is 1. The molecule has 6 nitrogen and oxygen atoms in total. The summed E-state index contributed by atoms with van der Waals surface area (Å²) in [5.41, 5.74) is 2.82. The molecule has 0 saturated carbocycles. The van der Waals surface area contributed by atoms with Crippen LogP contribution in [0.3, 0.4) is 0 Å². The molecular weight excluding hydrogens is 314 g/mol. The second-order valence-electron chi connectivity index (χ2n) is 5.72. The fourth-order valence-corrected chi connectivity index (χ4v) is 3.85. The van der Waals surface area contributed by atoms with Gasteiger partial charge in [-0.15, -0.1) is 11.3 Å². The number of thiophene rings is 1. The Balaban J connectivity index is 1.85. The summed E-state index contributed by atoms with van der Waals surface area (Å²) in [6.07, 6.45) is 0. The van der Waals surface area contributed by atoms with E-state index in [9.17, 15) is 4.79 Å². The first-order valence-electron chi connectivity index (χ1n) is 7.87. The molecule has 3 heterocycles. The number of methoxy groups -OCH3 is 1. The number of aromatic nitrogens is 1. The lowest BCUT2D eigenvalue weighted by molar-refractivity contribution is 0.0342. The van der Waals surface area contributed by atoms with E-state index in [0.29, 0.717) is 18.8 Å². The maximum atomic E-state index is 12.5. The number of amides is 1. The second kappa shape index (κ2) is 7.44. The number of hydrogen-bond donors (Lipinski definition) is 2. The lowest BCUT2D eigenvalue weighted by Crippen LogP contribution is -2.36. The summed E-state index contributed by atoms with van der Waals surface area (Å²) in [5.74, 6) is -0.0636. The van der Waals surface area contributed by atoms with Gasteiger partial charge in [-0.25, -0.2) is 0 Å². The largest absolute Gasteiger partial charge is 0.383 e. The summed E-state index contributed by atoms with van der Waals surface area (Å²) in [6.45, 7) is 7.21. The van der Waals surface area contributed by atoms with E-state index in [2.05, 4.69) is 28.2 Å². The zero-order valence-electron chi connectivity index (χ0n) is 13.6. The van der Waals surface area contributed by atoms with E-state index >= 15 is 0 Å². The molecule has 0 bridgehead atoms. The third kappa shape index (κ3) is 3.74. The maximum Gasteiger partial charge on any atom is 0.268 e. The first kappa shape index (κ1) is 16.4. The van der Waals surface area contributed by atoms with Crippen LogP contribution in [0.1, 0.15) is 20.9 Å². The van der Waals surface area contributed by atoms with Gasteiger partial charge in [-0.2, -0.15) is 0 Å². The van der Waals surface area contributed by atoms with Crippen LogP contribution in [0.15, 0.2) is 6.07 Å². The number of nitrogens with zero attached hydrogens (tertiary/aromatic N) is 1. The Bertz CT molecular complexity index is 673. The monoisotopic (exact) mass is 337 g/mol. The zero-order chi connectivity index (χ0) is 16.2. The topological polar surface area (TPSA) is 66.6 Å². The van der Waals surface area contributed by atoms with E-state index in [4.69, 9.17) is 9.47 Å². The molecular formula is C16H23N3O3S. The van der Waals surface area contributed by atoms with Crippen LogP contribution in [0.5, 0.6) is 0 Å². The Hall–Kier alpha value is -1.41.